The fourth-order valence-corrected chi connectivity index (χ4v) is 3.49. The second-order valence-corrected chi connectivity index (χ2v) is 7.43. The lowest BCUT2D eigenvalue weighted by Gasteiger charge is -2.12. The second kappa shape index (κ2) is 8.32. The summed E-state index contributed by atoms with van der Waals surface area (Å²) in [4.78, 5) is 25.8. The van der Waals surface area contributed by atoms with Gasteiger partial charge >= 0.3 is 6.03 Å². The molecule has 0 aliphatic carbocycles. The van der Waals surface area contributed by atoms with E-state index in [2.05, 4.69) is 37.2 Å². The molecule has 1 saturated heterocycles. The molecule has 1 fully saturated rings. The van der Waals surface area contributed by atoms with Crippen LogP contribution in [0.5, 0.6) is 11.5 Å². The van der Waals surface area contributed by atoms with E-state index in [9.17, 15) is 19.1 Å². The molecule has 3 rings (SSSR count). The zero-order chi connectivity index (χ0) is 20.4. The summed E-state index contributed by atoms with van der Waals surface area (Å²) in [7, 11) is 0. The average Bonchev–Trinajstić information content (AvgIpc) is 2.93. The van der Waals surface area contributed by atoms with Gasteiger partial charge in [0.2, 0.25) is 0 Å². The van der Waals surface area contributed by atoms with E-state index in [0.717, 1.165) is 4.90 Å². The summed E-state index contributed by atoms with van der Waals surface area (Å²) >= 11 is 6.60. The summed E-state index contributed by atoms with van der Waals surface area (Å²) in [6.45, 7) is 1.93. The van der Waals surface area contributed by atoms with Gasteiger partial charge in [0.15, 0.2) is 11.5 Å². The highest BCUT2D eigenvalue weighted by atomic mass is 79.9. The van der Waals surface area contributed by atoms with Gasteiger partial charge in [-0.3, -0.25) is 9.69 Å². The summed E-state index contributed by atoms with van der Waals surface area (Å²) in [6.07, 6.45) is 1.46. The molecule has 0 atom stereocenters. The van der Waals surface area contributed by atoms with E-state index in [1.54, 1.807) is 19.1 Å². The smallest absolute Gasteiger partial charge is 0.329 e. The minimum absolute atomic E-state index is 0.0297. The van der Waals surface area contributed by atoms with E-state index in [4.69, 9.17) is 4.74 Å². The van der Waals surface area contributed by atoms with Crippen LogP contribution in [0, 0.1) is 5.82 Å². The number of aromatic hydroxyl groups is 1. The van der Waals surface area contributed by atoms with Crippen LogP contribution in [0.15, 0.2) is 45.0 Å². The third-order valence-corrected chi connectivity index (χ3v) is 6.18. The van der Waals surface area contributed by atoms with E-state index < -0.39 is 17.8 Å². The quantitative estimate of drug-likeness (QED) is 0.454. The molecule has 2 aromatic carbocycles. The molecule has 0 bridgehead atoms. The Morgan fingerprint density at radius 3 is 2.64 bits per heavy atom. The molecule has 0 saturated carbocycles. The molecule has 28 heavy (non-hydrogen) atoms. The highest BCUT2D eigenvalue weighted by Gasteiger charge is 2.34. The molecule has 2 aromatic rings. The molecule has 0 unspecified atom stereocenters. The number of nitrogens with one attached hydrogen (secondary N) is 1. The number of ether oxygens (including phenoxy) is 1. The summed E-state index contributed by atoms with van der Waals surface area (Å²) in [5.74, 6) is -0.933. The van der Waals surface area contributed by atoms with Crippen molar-refractivity contribution in [2.24, 2.45) is 0 Å². The van der Waals surface area contributed by atoms with Gasteiger partial charge in [-0.05, 0) is 62.6 Å². The zero-order valence-corrected chi connectivity index (χ0v) is 17.8. The van der Waals surface area contributed by atoms with Crippen molar-refractivity contribution in [1.29, 1.82) is 0 Å². The number of halogens is 3. The van der Waals surface area contributed by atoms with Crippen LogP contribution in [0.1, 0.15) is 18.1 Å². The van der Waals surface area contributed by atoms with Crippen LogP contribution < -0.4 is 10.1 Å². The minimum atomic E-state index is -0.640. The number of hydrogen-bond donors (Lipinski definition) is 2. The Labute approximate surface area is 177 Å². The van der Waals surface area contributed by atoms with Gasteiger partial charge in [0, 0.05) is 10.0 Å². The predicted octanol–water partition coefficient (Wildman–Crippen LogP) is 4.55. The van der Waals surface area contributed by atoms with E-state index in [1.165, 1.54) is 24.3 Å². The standard InChI is InChI=1S/C19H15Br2FN2O4/c1-2-28-14-8-11(15(20)16(21)17(14)25)7-13-18(26)24(19(27)23-13)9-10-5-3-4-6-12(10)22/h3-8,25H,2,9H2,1H3,(H,23,27). The maximum atomic E-state index is 13.9. The van der Waals surface area contributed by atoms with Crippen molar-refractivity contribution in [1.82, 2.24) is 10.2 Å². The lowest BCUT2D eigenvalue weighted by Crippen LogP contribution is -2.30. The Morgan fingerprint density at radius 1 is 1.25 bits per heavy atom. The lowest BCUT2D eigenvalue weighted by molar-refractivity contribution is -0.123. The Morgan fingerprint density at radius 2 is 1.96 bits per heavy atom. The van der Waals surface area contributed by atoms with Crippen molar-refractivity contribution in [3.63, 3.8) is 0 Å². The molecule has 0 spiro atoms. The van der Waals surface area contributed by atoms with Crippen LogP contribution in [0.2, 0.25) is 0 Å². The van der Waals surface area contributed by atoms with Crippen molar-refractivity contribution in [3.8, 4) is 11.5 Å². The van der Waals surface area contributed by atoms with Crippen molar-refractivity contribution in [3.05, 3.63) is 61.9 Å². The number of rotatable bonds is 5. The van der Waals surface area contributed by atoms with E-state index in [-0.39, 0.29) is 29.3 Å². The second-order valence-electron chi connectivity index (χ2n) is 5.84. The largest absolute Gasteiger partial charge is 0.503 e. The van der Waals surface area contributed by atoms with E-state index >= 15 is 0 Å². The highest BCUT2D eigenvalue weighted by molar-refractivity contribution is 9.13. The van der Waals surface area contributed by atoms with Crippen LogP contribution >= 0.6 is 31.9 Å². The van der Waals surface area contributed by atoms with Gasteiger partial charge in [0.1, 0.15) is 11.5 Å². The number of nitrogens with zero attached hydrogens (tertiary/aromatic N) is 1. The Bertz CT molecular complexity index is 994. The fourth-order valence-electron chi connectivity index (χ4n) is 2.65. The Kier molecular flexibility index (Phi) is 6.04. The number of amides is 3. The number of phenols is 1. The number of hydrogen-bond acceptors (Lipinski definition) is 4. The first-order valence-corrected chi connectivity index (χ1v) is 9.83. The maximum Gasteiger partial charge on any atom is 0.329 e. The van der Waals surface area contributed by atoms with Gasteiger partial charge in [-0.15, -0.1) is 0 Å². The molecular weight excluding hydrogens is 499 g/mol. The first-order chi connectivity index (χ1) is 13.3. The molecule has 0 aromatic heterocycles. The van der Waals surface area contributed by atoms with Gasteiger partial charge in [0.05, 0.1) is 17.6 Å². The molecule has 146 valence electrons. The molecule has 6 nitrogen and oxygen atoms in total. The van der Waals surface area contributed by atoms with Gasteiger partial charge < -0.3 is 15.2 Å². The highest BCUT2D eigenvalue weighted by Crippen LogP contribution is 2.42. The van der Waals surface area contributed by atoms with Gasteiger partial charge in [-0.25, -0.2) is 9.18 Å². The number of phenolic OH excluding ortho intramolecular Hbond substituents is 1. The van der Waals surface area contributed by atoms with E-state index in [0.29, 0.717) is 21.1 Å². The van der Waals surface area contributed by atoms with Gasteiger partial charge in [-0.2, -0.15) is 0 Å². The van der Waals surface area contributed by atoms with Crippen LogP contribution in [0.25, 0.3) is 6.08 Å². The molecule has 1 aliphatic heterocycles. The van der Waals surface area contributed by atoms with Crippen LogP contribution in [-0.2, 0) is 11.3 Å². The Hall–Kier alpha value is -2.39. The third kappa shape index (κ3) is 3.90. The SMILES string of the molecule is CCOc1cc(C=C2NC(=O)N(Cc3ccccc3F)C2=O)c(Br)c(Br)c1O. The van der Waals surface area contributed by atoms with Crippen molar-refractivity contribution in [2.75, 3.05) is 6.61 Å². The summed E-state index contributed by atoms with van der Waals surface area (Å²) in [6, 6.07) is 6.85. The molecule has 0 radical (unpaired) electrons. The molecule has 9 heteroatoms. The first-order valence-electron chi connectivity index (χ1n) is 8.25. The number of urea groups is 1. The Balaban J connectivity index is 1.93. The van der Waals surface area contributed by atoms with Crippen LogP contribution in [0.3, 0.4) is 0 Å². The van der Waals surface area contributed by atoms with Crippen LogP contribution in [0.4, 0.5) is 9.18 Å². The summed E-state index contributed by atoms with van der Waals surface area (Å²) in [5.41, 5.74) is 0.769. The number of benzene rings is 2. The average molecular weight is 514 g/mol. The summed E-state index contributed by atoms with van der Waals surface area (Å²) < 4.78 is 20.1. The normalized spacial score (nSPS) is 15.3. The number of carbonyl (C=O) groups is 2. The van der Waals surface area contributed by atoms with Crippen molar-refractivity contribution < 1.29 is 23.8 Å². The molecule has 1 aliphatic rings. The molecular formula is C19H15Br2FN2O4. The van der Waals surface area contributed by atoms with Crippen LogP contribution in [-0.4, -0.2) is 28.6 Å². The molecule has 1 heterocycles. The minimum Gasteiger partial charge on any atom is -0.503 e. The number of imide groups is 1. The predicted molar refractivity (Wildman–Crippen MR) is 108 cm³/mol. The topological polar surface area (TPSA) is 78.9 Å². The summed E-state index contributed by atoms with van der Waals surface area (Å²) in [5, 5.41) is 12.6. The number of carbonyl (C=O) groups excluding carboxylic acids is 2. The fraction of sp³-hybridized carbons (Fsp3) is 0.158. The van der Waals surface area contributed by atoms with Crippen molar-refractivity contribution in [2.45, 2.75) is 13.5 Å². The van der Waals surface area contributed by atoms with Crippen molar-refractivity contribution >= 4 is 49.9 Å². The molecule has 3 amide bonds. The molecule has 2 N–H and O–H groups in total. The van der Waals surface area contributed by atoms with E-state index in [1.807, 2.05) is 0 Å². The van der Waals surface area contributed by atoms with Gasteiger partial charge in [0.25, 0.3) is 5.91 Å². The third-order valence-electron chi connectivity index (χ3n) is 4.02. The first kappa shape index (κ1) is 20.3. The zero-order valence-electron chi connectivity index (χ0n) is 14.6. The van der Waals surface area contributed by atoms with Gasteiger partial charge in [-0.1, -0.05) is 18.2 Å². The lowest BCUT2D eigenvalue weighted by atomic mass is 10.1. The maximum absolute atomic E-state index is 13.9. The monoisotopic (exact) mass is 512 g/mol.